The van der Waals surface area contributed by atoms with Gasteiger partial charge in [-0.3, -0.25) is 9.59 Å². The van der Waals surface area contributed by atoms with Gasteiger partial charge in [0, 0.05) is 35.5 Å². The molecule has 1 aliphatic carbocycles. The number of halogens is 1. The predicted octanol–water partition coefficient (Wildman–Crippen LogP) is 5.44. The molecule has 0 radical (unpaired) electrons. The van der Waals surface area contributed by atoms with E-state index in [0.717, 1.165) is 37.0 Å². The van der Waals surface area contributed by atoms with Gasteiger partial charge in [0.1, 0.15) is 6.04 Å². The highest BCUT2D eigenvalue weighted by atomic mass is 35.5. The second-order valence-corrected chi connectivity index (χ2v) is 9.58. The van der Waals surface area contributed by atoms with Gasteiger partial charge in [0.05, 0.1) is 0 Å². The maximum Gasteiger partial charge on any atom is 0.242 e. The van der Waals surface area contributed by atoms with Crippen molar-refractivity contribution < 1.29 is 9.59 Å². The Morgan fingerprint density at radius 2 is 1.77 bits per heavy atom. The first-order valence-corrected chi connectivity index (χ1v) is 12.5. The maximum atomic E-state index is 13.1. The zero-order valence-corrected chi connectivity index (χ0v) is 19.6. The summed E-state index contributed by atoms with van der Waals surface area (Å²) in [6.07, 6.45) is 4.74. The number of rotatable bonds is 10. The molecule has 2 aromatic rings. The zero-order chi connectivity index (χ0) is 22.1. The van der Waals surface area contributed by atoms with Gasteiger partial charge in [-0.1, -0.05) is 73.0 Å². The Kier molecular flexibility index (Phi) is 9.29. The number of hydrogen-bond acceptors (Lipinski definition) is 3. The first kappa shape index (κ1) is 23.7. The maximum absolute atomic E-state index is 13.1. The molecule has 2 aromatic carbocycles. The van der Waals surface area contributed by atoms with E-state index in [1.54, 1.807) is 16.7 Å². The van der Waals surface area contributed by atoms with Crippen molar-refractivity contribution in [3.8, 4) is 0 Å². The number of carbonyl (C=O) groups excluding carboxylic acids is 2. The van der Waals surface area contributed by atoms with E-state index in [9.17, 15) is 9.59 Å². The lowest BCUT2D eigenvalue weighted by atomic mass is 10.1. The lowest BCUT2D eigenvalue weighted by molar-refractivity contribution is -0.140. The molecule has 3 rings (SSSR count). The molecule has 0 unspecified atom stereocenters. The third-order valence-corrected chi connectivity index (χ3v) is 7.14. The molecule has 166 valence electrons. The standard InChI is InChI=1S/C25H31ClN2O2S/c1-19(25(30)27-22-12-6-7-13-22)28(17-21-11-5-8-14-23(21)26)24(29)15-16-31-18-20-9-3-2-4-10-20/h2-5,8-11,14,19,22H,6-7,12-13,15-18H2,1H3,(H,27,30)/t19-/m0/s1. The minimum atomic E-state index is -0.538. The van der Waals surface area contributed by atoms with E-state index in [2.05, 4.69) is 17.4 Å². The van der Waals surface area contributed by atoms with Crippen molar-refractivity contribution in [2.24, 2.45) is 0 Å². The average Bonchev–Trinajstić information content (AvgIpc) is 3.29. The molecule has 1 fully saturated rings. The van der Waals surface area contributed by atoms with E-state index in [1.807, 2.05) is 49.4 Å². The van der Waals surface area contributed by atoms with Crippen molar-refractivity contribution in [3.05, 3.63) is 70.7 Å². The topological polar surface area (TPSA) is 49.4 Å². The van der Waals surface area contributed by atoms with Crippen LogP contribution in [0, 0.1) is 0 Å². The van der Waals surface area contributed by atoms with Crippen LogP contribution in [0.4, 0.5) is 0 Å². The summed E-state index contributed by atoms with van der Waals surface area (Å²) in [6, 6.07) is 17.4. The Balaban J connectivity index is 1.61. The van der Waals surface area contributed by atoms with Gasteiger partial charge >= 0.3 is 0 Å². The summed E-state index contributed by atoms with van der Waals surface area (Å²) < 4.78 is 0. The third kappa shape index (κ3) is 7.29. The van der Waals surface area contributed by atoms with E-state index in [1.165, 1.54) is 5.56 Å². The van der Waals surface area contributed by atoms with Crippen LogP contribution in [0.25, 0.3) is 0 Å². The van der Waals surface area contributed by atoms with Crippen LogP contribution in [0.2, 0.25) is 5.02 Å². The smallest absolute Gasteiger partial charge is 0.242 e. The molecule has 31 heavy (non-hydrogen) atoms. The van der Waals surface area contributed by atoms with Crippen molar-refractivity contribution in [2.45, 2.75) is 63.4 Å². The van der Waals surface area contributed by atoms with Crippen LogP contribution < -0.4 is 5.32 Å². The van der Waals surface area contributed by atoms with Gasteiger partial charge in [-0.15, -0.1) is 0 Å². The first-order valence-electron chi connectivity index (χ1n) is 11.0. The molecule has 2 amide bonds. The molecule has 1 atom stereocenters. The molecule has 0 aliphatic heterocycles. The van der Waals surface area contributed by atoms with E-state index in [4.69, 9.17) is 11.6 Å². The van der Waals surface area contributed by atoms with Crippen LogP contribution in [-0.4, -0.2) is 34.6 Å². The minimum absolute atomic E-state index is 0.0189. The Bertz CT molecular complexity index is 856. The molecule has 0 aromatic heterocycles. The highest BCUT2D eigenvalue weighted by Crippen LogP contribution is 2.22. The van der Waals surface area contributed by atoms with Crippen LogP contribution >= 0.6 is 23.4 Å². The van der Waals surface area contributed by atoms with Crippen molar-refractivity contribution in [1.29, 1.82) is 0 Å². The van der Waals surface area contributed by atoms with Crippen LogP contribution in [0.5, 0.6) is 0 Å². The Hall–Kier alpha value is -1.98. The molecule has 1 saturated carbocycles. The number of hydrogen-bond donors (Lipinski definition) is 1. The SMILES string of the molecule is C[C@@H](C(=O)NC1CCCC1)N(Cc1ccccc1Cl)C(=O)CCSCc1ccccc1. The summed E-state index contributed by atoms with van der Waals surface area (Å²) in [5, 5.41) is 3.75. The van der Waals surface area contributed by atoms with Gasteiger partial charge in [0.2, 0.25) is 11.8 Å². The van der Waals surface area contributed by atoms with E-state index in [-0.39, 0.29) is 17.9 Å². The fraction of sp³-hybridized carbons (Fsp3) is 0.440. The number of thioether (sulfide) groups is 1. The van der Waals surface area contributed by atoms with E-state index in [0.29, 0.717) is 23.7 Å². The average molecular weight is 459 g/mol. The normalized spacial score (nSPS) is 14.9. The van der Waals surface area contributed by atoms with Crippen molar-refractivity contribution in [2.75, 3.05) is 5.75 Å². The van der Waals surface area contributed by atoms with Crippen LogP contribution in [0.3, 0.4) is 0 Å². The van der Waals surface area contributed by atoms with Gasteiger partial charge in [-0.25, -0.2) is 0 Å². The van der Waals surface area contributed by atoms with Gasteiger partial charge in [0.15, 0.2) is 0 Å². The van der Waals surface area contributed by atoms with Crippen LogP contribution in [0.1, 0.15) is 50.2 Å². The highest BCUT2D eigenvalue weighted by Gasteiger charge is 2.28. The van der Waals surface area contributed by atoms with Crippen LogP contribution in [0.15, 0.2) is 54.6 Å². The molecule has 0 heterocycles. The lowest BCUT2D eigenvalue weighted by Gasteiger charge is -2.30. The molecular formula is C25H31ClN2O2S. The van der Waals surface area contributed by atoms with E-state index >= 15 is 0 Å². The van der Waals surface area contributed by atoms with E-state index < -0.39 is 6.04 Å². The molecule has 1 aliphatic rings. The minimum Gasteiger partial charge on any atom is -0.352 e. The quantitative estimate of drug-likeness (QED) is 0.482. The zero-order valence-electron chi connectivity index (χ0n) is 18.1. The summed E-state index contributed by atoms with van der Waals surface area (Å²) in [7, 11) is 0. The molecule has 1 N–H and O–H groups in total. The molecule has 0 spiro atoms. The highest BCUT2D eigenvalue weighted by molar-refractivity contribution is 7.98. The Morgan fingerprint density at radius 3 is 2.48 bits per heavy atom. The lowest BCUT2D eigenvalue weighted by Crippen LogP contribution is -2.49. The Labute approximate surface area is 194 Å². The molecule has 6 heteroatoms. The van der Waals surface area contributed by atoms with Crippen LogP contribution in [-0.2, 0) is 21.9 Å². The van der Waals surface area contributed by atoms with Gasteiger partial charge in [-0.05, 0) is 37.0 Å². The second-order valence-electron chi connectivity index (χ2n) is 8.07. The Morgan fingerprint density at radius 1 is 1.10 bits per heavy atom. The van der Waals surface area contributed by atoms with Crippen molar-refractivity contribution in [1.82, 2.24) is 10.2 Å². The fourth-order valence-corrected chi connectivity index (χ4v) is 4.94. The summed E-state index contributed by atoms with van der Waals surface area (Å²) in [5.74, 6) is 1.49. The van der Waals surface area contributed by atoms with Gasteiger partial charge < -0.3 is 10.2 Å². The molecular weight excluding hydrogens is 428 g/mol. The number of benzene rings is 2. The number of carbonyl (C=O) groups is 2. The second kappa shape index (κ2) is 12.2. The van der Waals surface area contributed by atoms with Crippen molar-refractivity contribution in [3.63, 3.8) is 0 Å². The predicted molar refractivity (Wildman–Crippen MR) is 129 cm³/mol. The number of amides is 2. The molecule has 0 saturated heterocycles. The van der Waals surface area contributed by atoms with Gasteiger partial charge in [-0.2, -0.15) is 11.8 Å². The molecule has 0 bridgehead atoms. The number of nitrogens with one attached hydrogen (secondary N) is 1. The first-order chi connectivity index (χ1) is 15.0. The van der Waals surface area contributed by atoms with Crippen molar-refractivity contribution >= 4 is 35.2 Å². The third-order valence-electron chi connectivity index (χ3n) is 5.74. The summed E-state index contributed by atoms with van der Waals surface area (Å²) in [5.41, 5.74) is 2.10. The largest absolute Gasteiger partial charge is 0.352 e. The fourth-order valence-electron chi connectivity index (χ4n) is 3.85. The molecule has 4 nitrogen and oxygen atoms in total. The summed E-state index contributed by atoms with van der Waals surface area (Å²) in [4.78, 5) is 27.7. The number of nitrogens with zero attached hydrogens (tertiary/aromatic N) is 1. The summed E-state index contributed by atoms with van der Waals surface area (Å²) >= 11 is 8.08. The van der Waals surface area contributed by atoms with Gasteiger partial charge in [0.25, 0.3) is 0 Å². The summed E-state index contributed by atoms with van der Waals surface area (Å²) in [6.45, 7) is 2.15. The monoisotopic (exact) mass is 458 g/mol.